The number of amides is 2. The van der Waals surface area contributed by atoms with E-state index >= 15 is 0 Å². The molecule has 134 valence electrons. The molecule has 2 aromatic carbocycles. The highest BCUT2D eigenvalue weighted by molar-refractivity contribution is 8.00. The summed E-state index contributed by atoms with van der Waals surface area (Å²) in [4.78, 5) is 35.2. The van der Waals surface area contributed by atoms with Crippen molar-refractivity contribution in [1.82, 2.24) is 4.90 Å². The van der Waals surface area contributed by atoms with Gasteiger partial charge in [0.1, 0.15) is 11.1 Å². The van der Waals surface area contributed by atoms with Gasteiger partial charge in [0, 0.05) is 12.1 Å². The van der Waals surface area contributed by atoms with E-state index in [0.717, 1.165) is 40.9 Å². The van der Waals surface area contributed by atoms with E-state index in [-0.39, 0.29) is 22.8 Å². The number of carbonyl (C=O) groups excluding carboxylic acids is 2. The molecule has 1 saturated heterocycles. The quantitative estimate of drug-likeness (QED) is 0.596. The van der Waals surface area contributed by atoms with Gasteiger partial charge in [-0.3, -0.25) is 14.9 Å². The first-order chi connectivity index (χ1) is 12.4. The zero-order chi connectivity index (χ0) is 18.8. The normalized spacial score (nSPS) is 16.6. The molecule has 0 spiro atoms. The lowest BCUT2D eigenvalue weighted by Crippen LogP contribution is -2.36. The molecule has 1 fully saturated rings. The van der Waals surface area contributed by atoms with Crippen molar-refractivity contribution >= 4 is 29.4 Å². The van der Waals surface area contributed by atoms with Gasteiger partial charge < -0.3 is 4.74 Å². The zero-order valence-electron chi connectivity index (χ0n) is 12.9. The van der Waals surface area contributed by atoms with Gasteiger partial charge in [0.2, 0.25) is 5.91 Å². The van der Waals surface area contributed by atoms with Gasteiger partial charge in [0.05, 0.1) is 10.7 Å². The summed E-state index contributed by atoms with van der Waals surface area (Å²) in [6.45, 7) is 0. The summed E-state index contributed by atoms with van der Waals surface area (Å²) in [5.41, 5.74) is 0.0534. The Morgan fingerprint density at radius 1 is 1.19 bits per heavy atom. The highest BCUT2D eigenvalue weighted by Crippen LogP contribution is 2.39. The predicted molar refractivity (Wildman–Crippen MR) is 87.5 cm³/mol. The van der Waals surface area contributed by atoms with E-state index in [4.69, 9.17) is 4.74 Å². The first kappa shape index (κ1) is 17.8. The first-order valence-corrected chi connectivity index (χ1v) is 8.26. The second kappa shape index (κ2) is 7.08. The molecular weight excluding hydrogens is 370 g/mol. The SMILES string of the molecule is O=C1CS[C@@H](c2ccc(F)c(F)c2)N1C(=O)Oc1ccc([N+](=O)[O-])cc1. The number of hydrogen-bond donors (Lipinski definition) is 0. The zero-order valence-corrected chi connectivity index (χ0v) is 13.7. The fourth-order valence-electron chi connectivity index (χ4n) is 2.32. The summed E-state index contributed by atoms with van der Waals surface area (Å²) in [6.07, 6.45) is -1.01. The Morgan fingerprint density at radius 3 is 2.50 bits per heavy atom. The fourth-order valence-corrected chi connectivity index (χ4v) is 3.45. The van der Waals surface area contributed by atoms with E-state index in [1.807, 2.05) is 0 Å². The van der Waals surface area contributed by atoms with Crippen LogP contribution in [0, 0.1) is 21.7 Å². The van der Waals surface area contributed by atoms with Crippen LogP contribution >= 0.6 is 11.8 Å². The molecule has 0 radical (unpaired) electrons. The molecule has 0 N–H and O–H groups in total. The molecule has 0 unspecified atom stereocenters. The minimum Gasteiger partial charge on any atom is -0.410 e. The number of thioether (sulfide) groups is 1. The maximum Gasteiger partial charge on any atom is 0.423 e. The molecule has 1 aliphatic heterocycles. The second-order valence-electron chi connectivity index (χ2n) is 5.22. The van der Waals surface area contributed by atoms with Gasteiger partial charge in [-0.05, 0) is 29.8 Å². The van der Waals surface area contributed by atoms with E-state index in [9.17, 15) is 28.5 Å². The van der Waals surface area contributed by atoms with Crippen molar-refractivity contribution in [3.63, 3.8) is 0 Å². The van der Waals surface area contributed by atoms with Gasteiger partial charge in [-0.15, -0.1) is 11.8 Å². The first-order valence-electron chi connectivity index (χ1n) is 7.21. The van der Waals surface area contributed by atoms with E-state index < -0.39 is 33.9 Å². The number of imide groups is 1. The summed E-state index contributed by atoms with van der Waals surface area (Å²) < 4.78 is 31.6. The minimum absolute atomic E-state index is 0.00865. The van der Waals surface area contributed by atoms with Crippen molar-refractivity contribution < 1.29 is 28.0 Å². The van der Waals surface area contributed by atoms with E-state index in [0.29, 0.717) is 0 Å². The topological polar surface area (TPSA) is 89.8 Å². The van der Waals surface area contributed by atoms with Crippen LogP contribution in [0.5, 0.6) is 5.75 Å². The highest BCUT2D eigenvalue weighted by Gasteiger charge is 2.39. The number of hydrogen-bond acceptors (Lipinski definition) is 6. The summed E-state index contributed by atoms with van der Waals surface area (Å²) in [7, 11) is 0. The Morgan fingerprint density at radius 2 is 1.88 bits per heavy atom. The Kier molecular flexibility index (Phi) is 4.85. The van der Waals surface area contributed by atoms with E-state index in [1.54, 1.807) is 0 Å². The fraction of sp³-hybridized carbons (Fsp3) is 0.125. The van der Waals surface area contributed by atoms with Crippen LogP contribution in [0.3, 0.4) is 0 Å². The Balaban J connectivity index is 1.80. The summed E-state index contributed by atoms with van der Waals surface area (Å²) >= 11 is 1.07. The maximum atomic E-state index is 13.4. The van der Waals surface area contributed by atoms with Crippen LogP contribution in [0.1, 0.15) is 10.9 Å². The van der Waals surface area contributed by atoms with Crippen molar-refractivity contribution in [3.05, 3.63) is 69.8 Å². The van der Waals surface area contributed by atoms with Crippen LogP contribution in [0.4, 0.5) is 19.3 Å². The number of halogens is 2. The Bertz CT molecular complexity index is 891. The number of benzene rings is 2. The number of nitro groups is 1. The molecule has 7 nitrogen and oxygen atoms in total. The largest absolute Gasteiger partial charge is 0.423 e. The van der Waals surface area contributed by atoms with Gasteiger partial charge in [0.15, 0.2) is 11.6 Å². The minimum atomic E-state index is -1.09. The monoisotopic (exact) mass is 380 g/mol. The van der Waals surface area contributed by atoms with Crippen molar-refractivity contribution in [3.8, 4) is 5.75 Å². The van der Waals surface area contributed by atoms with Gasteiger partial charge in [-0.25, -0.2) is 18.5 Å². The highest BCUT2D eigenvalue weighted by atomic mass is 32.2. The number of rotatable bonds is 3. The third kappa shape index (κ3) is 3.49. The molecule has 1 atom stereocenters. The van der Waals surface area contributed by atoms with Crippen molar-refractivity contribution in [2.45, 2.75) is 5.37 Å². The van der Waals surface area contributed by atoms with Gasteiger partial charge in [0.25, 0.3) is 5.69 Å². The molecule has 2 aromatic rings. The van der Waals surface area contributed by atoms with Crippen LogP contribution in [-0.2, 0) is 4.79 Å². The number of ether oxygens (including phenoxy) is 1. The van der Waals surface area contributed by atoms with Gasteiger partial charge >= 0.3 is 6.09 Å². The average molecular weight is 380 g/mol. The molecule has 2 amide bonds. The smallest absolute Gasteiger partial charge is 0.410 e. The van der Waals surface area contributed by atoms with Crippen LogP contribution < -0.4 is 4.74 Å². The van der Waals surface area contributed by atoms with E-state index in [2.05, 4.69) is 0 Å². The third-order valence-electron chi connectivity index (χ3n) is 3.55. The molecule has 3 rings (SSSR count). The standard InChI is InChI=1S/C16H10F2N2O5S/c17-12-6-1-9(7-13(12)18)15-19(14(21)8-26-15)16(22)25-11-4-2-10(3-5-11)20(23)24/h1-7,15H,8H2/t15-/m0/s1. The van der Waals surface area contributed by atoms with Crippen LogP contribution in [0.15, 0.2) is 42.5 Å². The van der Waals surface area contributed by atoms with Crippen molar-refractivity contribution in [1.29, 1.82) is 0 Å². The summed E-state index contributed by atoms with van der Waals surface area (Å²) in [5.74, 6) is -2.70. The Hall–Kier alpha value is -3.01. The molecular formula is C16H10F2N2O5S. The number of nitrogens with zero attached hydrogens (tertiary/aromatic N) is 2. The van der Waals surface area contributed by atoms with Crippen molar-refractivity contribution in [2.24, 2.45) is 0 Å². The third-order valence-corrected chi connectivity index (χ3v) is 4.76. The molecule has 0 bridgehead atoms. The van der Waals surface area contributed by atoms with Gasteiger partial charge in [-0.1, -0.05) is 6.07 Å². The summed E-state index contributed by atoms with van der Waals surface area (Å²) in [5, 5.41) is 9.76. The average Bonchev–Trinajstić information content (AvgIpc) is 2.99. The second-order valence-corrected chi connectivity index (χ2v) is 6.29. The van der Waals surface area contributed by atoms with E-state index in [1.165, 1.54) is 18.2 Å². The maximum absolute atomic E-state index is 13.4. The number of non-ortho nitro benzene ring substituents is 1. The molecule has 1 aliphatic rings. The molecule has 26 heavy (non-hydrogen) atoms. The van der Waals surface area contributed by atoms with Crippen LogP contribution in [0.2, 0.25) is 0 Å². The molecule has 1 heterocycles. The molecule has 0 aromatic heterocycles. The summed E-state index contributed by atoms with van der Waals surface area (Å²) in [6, 6.07) is 7.84. The van der Waals surface area contributed by atoms with Crippen molar-refractivity contribution in [2.75, 3.05) is 5.75 Å². The van der Waals surface area contributed by atoms with Gasteiger partial charge in [-0.2, -0.15) is 0 Å². The van der Waals surface area contributed by atoms with Crippen LogP contribution in [0.25, 0.3) is 0 Å². The number of carbonyl (C=O) groups is 2. The molecule has 0 aliphatic carbocycles. The molecule has 10 heteroatoms. The lowest BCUT2D eigenvalue weighted by Gasteiger charge is -2.21. The predicted octanol–water partition coefficient (Wildman–Crippen LogP) is 3.65. The Labute approximate surface area is 149 Å². The lowest BCUT2D eigenvalue weighted by molar-refractivity contribution is -0.384. The van der Waals surface area contributed by atoms with Crippen LogP contribution in [-0.4, -0.2) is 27.6 Å². The number of nitro benzene ring substituents is 1. The lowest BCUT2D eigenvalue weighted by atomic mass is 10.2. The molecule has 0 saturated carbocycles.